The molecule has 7 nitrogen and oxygen atoms in total. The number of hydrogen-bond donors (Lipinski definition) is 1. The second-order valence-electron chi connectivity index (χ2n) is 4.83. The summed E-state index contributed by atoms with van der Waals surface area (Å²) in [7, 11) is -3.00. The lowest BCUT2D eigenvalue weighted by Gasteiger charge is -2.15. The van der Waals surface area contributed by atoms with Gasteiger partial charge < -0.3 is 5.32 Å². The Morgan fingerprint density at radius 3 is 2.75 bits per heavy atom. The highest BCUT2D eigenvalue weighted by Crippen LogP contribution is 2.15. The van der Waals surface area contributed by atoms with Crippen molar-refractivity contribution in [2.24, 2.45) is 0 Å². The Balaban J connectivity index is 2.17. The van der Waals surface area contributed by atoms with E-state index in [1.165, 1.54) is 6.26 Å². The van der Waals surface area contributed by atoms with E-state index in [1.54, 1.807) is 4.68 Å². The van der Waals surface area contributed by atoms with Crippen molar-refractivity contribution in [1.82, 2.24) is 20.2 Å². The molecule has 1 aromatic heterocycles. The van der Waals surface area contributed by atoms with Crippen LogP contribution >= 0.6 is 0 Å². The fraction of sp³-hybridized carbons (Fsp3) is 0.417. The topological polar surface area (TPSA) is 89.8 Å². The van der Waals surface area contributed by atoms with E-state index in [2.05, 4.69) is 20.8 Å². The molecule has 108 valence electrons. The van der Waals surface area contributed by atoms with Crippen LogP contribution in [-0.4, -0.2) is 46.7 Å². The number of nitrogens with zero attached hydrogens (tertiary/aromatic N) is 4. The van der Waals surface area contributed by atoms with E-state index in [-0.39, 0.29) is 11.8 Å². The molecule has 20 heavy (non-hydrogen) atoms. The summed E-state index contributed by atoms with van der Waals surface area (Å²) < 4.78 is 24.1. The molecule has 0 radical (unpaired) electrons. The molecule has 0 fully saturated rings. The molecule has 1 atom stereocenters. The van der Waals surface area contributed by atoms with Gasteiger partial charge in [0.1, 0.15) is 9.84 Å². The number of hydrogen-bond acceptors (Lipinski definition) is 6. The predicted molar refractivity (Wildman–Crippen MR) is 76.7 cm³/mol. The minimum absolute atomic E-state index is 0.0845. The second kappa shape index (κ2) is 5.58. The van der Waals surface area contributed by atoms with Crippen LogP contribution in [0.1, 0.15) is 12.7 Å². The van der Waals surface area contributed by atoms with Gasteiger partial charge in [-0.05, 0) is 42.5 Å². The molecule has 1 unspecified atom stereocenters. The molecule has 1 N–H and O–H groups in total. The number of aryl methyl sites for hydroxylation is 1. The highest BCUT2D eigenvalue weighted by molar-refractivity contribution is 7.90. The van der Waals surface area contributed by atoms with Crippen LogP contribution in [0.4, 0.5) is 5.69 Å². The van der Waals surface area contributed by atoms with Crippen LogP contribution in [0, 0.1) is 6.92 Å². The summed E-state index contributed by atoms with van der Waals surface area (Å²) in [5.74, 6) is 0.771. The van der Waals surface area contributed by atoms with Crippen molar-refractivity contribution >= 4 is 15.5 Å². The molecule has 2 rings (SSSR count). The number of sulfone groups is 1. The molecule has 0 aliphatic carbocycles. The number of tetrazole rings is 1. The van der Waals surface area contributed by atoms with Crippen molar-refractivity contribution in [3.63, 3.8) is 0 Å². The normalized spacial score (nSPS) is 13.2. The van der Waals surface area contributed by atoms with Gasteiger partial charge in [0.05, 0.1) is 11.4 Å². The predicted octanol–water partition coefficient (Wildman–Crippen LogP) is 0.816. The number of benzene rings is 1. The van der Waals surface area contributed by atoms with Gasteiger partial charge in [-0.3, -0.25) is 0 Å². The van der Waals surface area contributed by atoms with Crippen molar-refractivity contribution < 1.29 is 8.42 Å². The third-order valence-electron chi connectivity index (χ3n) is 2.68. The molecule has 1 aromatic carbocycles. The molecule has 0 aliphatic rings. The Labute approximate surface area is 117 Å². The molecule has 0 saturated heterocycles. The second-order valence-corrected chi connectivity index (χ2v) is 7.01. The van der Waals surface area contributed by atoms with Crippen molar-refractivity contribution in [2.45, 2.75) is 19.9 Å². The standard InChI is InChI=1S/C12H17N5O2S/c1-9(8-20(3,18)19)13-11-5-4-6-12(7-11)17-10(2)14-15-16-17/h4-7,9,13H,8H2,1-3H3. The summed E-state index contributed by atoms with van der Waals surface area (Å²) in [5, 5.41) is 14.5. The van der Waals surface area contributed by atoms with E-state index in [1.807, 2.05) is 38.1 Å². The van der Waals surface area contributed by atoms with Crippen molar-refractivity contribution in [2.75, 3.05) is 17.3 Å². The Kier molecular flexibility index (Phi) is 4.03. The summed E-state index contributed by atoms with van der Waals surface area (Å²) in [5.41, 5.74) is 1.65. The SMILES string of the molecule is Cc1nnnn1-c1cccc(NC(C)CS(C)(=O)=O)c1. The highest BCUT2D eigenvalue weighted by atomic mass is 32.2. The quantitative estimate of drug-likeness (QED) is 0.878. The molecule has 2 aromatic rings. The van der Waals surface area contributed by atoms with Crippen LogP contribution in [0.15, 0.2) is 24.3 Å². The Bertz CT molecular complexity index is 695. The van der Waals surface area contributed by atoms with Crippen molar-refractivity contribution in [3.8, 4) is 5.69 Å². The maximum Gasteiger partial charge on any atom is 0.153 e. The number of nitrogens with one attached hydrogen (secondary N) is 1. The molecule has 0 amide bonds. The first kappa shape index (κ1) is 14.4. The van der Waals surface area contributed by atoms with Gasteiger partial charge in [0.15, 0.2) is 5.82 Å². The number of anilines is 1. The zero-order valence-corrected chi connectivity index (χ0v) is 12.4. The molecular formula is C12H17N5O2S. The van der Waals surface area contributed by atoms with Crippen molar-refractivity contribution in [1.29, 1.82) is 0 Å². The first-order valence-electron chi connectivity index (χ1n) is 6.15. The minimum atomic E-state index is -3.00. The first-order valence-corrected chi connectivity index (χ1v) is 8.21. The molecule has 0 spiro atoms. The number of rotatable bonds is 5. The average Bonchev–Trinajstić information content (AvgIpc) is 2.73. The molecule has 0 aliphatic heterocycles. The third kappa shape index (κ3) is 3.77. The fourth-order valence-corrected chi connectivity index (χ4v) is 2.97. The lowest BCUT2D eigenvalue weighted by Crippen LogP contribution is -2.25. The van der Waals surface area contributed by atoms with E-state index in [0.29, 0.717) is 5.82 Å². The van der Waals surface area contributed by atoms with Gasteiger partial charge >= 0.3 is 0 Å². The van der Waals surface area contributed by atoms with E-state index in [9.17, 15) is 8.42 Å². The zero-order valence-electron chi connectivity index (χ0n) is 11.6. The smallest absolute Gasteiger partial charge is 0.153 e. The molecular weight excluding hydrogens is 278 g/mol. The summed E-state index contributed by atoms with van der Waals surface area (Å²) in [4.78, 5) is 0. The van der Waals surface area contributed by atoms with E-state index in [4.69, 9.17) is 0 Å². The average molecular weight is 295 g/mol. The fourth-order valence-electron chi connectivity index (χ4n) is 1.98. The van der Waals surface area contributed by atoms with Gasteiger partial charge in [-0.1, -0.05) is 6.07 Å². The largest absolute Gasteiger partial charge is 0.382 e. The van der Waals surface area contributed by atoms with Gasteiger partial charge in [-0.25, -0.2) is 8.42 Å². The molecule has 0 saturated carbocycles. The Morgan fingerprint density at radius 1 is 1.40 bits per heavy atom. The molecule has 1 heterocycles. The summed E-state index contributed by atoms with van der Waals surface area (Å²) in [6.07, 6.45) is 1.23. The zero-order chi connectivity index (χ0) is 14.8. The van der Waals surface area contributed by atoms with Gasteiger partial charge in [-0.2, -0.15) is 4.68 Å². The van der Waals surface area contributed by atoms with Crippen molar-refractivity contribution in [3.05, 3.63) is 30.1 Å². The van der Waals surface area contributed by atoms with Crippen LogP contribution in [0.2, 0.25) is 0 Å². The Hall–Kier alpha value is -1.96. The van der Waals surface area contributed by atoms with Gasteiger partial charge in [-0.15, -0.1) is 5.10 Å². The lowest BCUT2D eigenvalue weighted by atomic mass is 10.2. The van der Waals surface area contributed by atoms with Gasteiger partial charge in [0, 0.05) is 18.0 Å². The van der Waals surface area contributed by atoms with E-state index in [0.717, 1.165) is 11.4 Å². The minimum Gasteiger partial charge on any atom is -0.382 e. The lowest BCUT2D eigenvalue weighted by molar-refractivity contribution is 0.598. The maximum atomic E-state index is 11.3. The number of aromatic nitrogens is 4. The summed E-state index contributed by atoms with van der Waals surface area (Å²) in [6, 6.07) is 7.33. The van der Waals surface area contributed by atoms with Crippen LogP contribution in [0.25, 0.3) is 5.69 Å². The van der Waals surface area contributed by atoms with Gasteiger partial charge in [0.2, 0.25) is 0 Å². The van der Waals surface area contributed by atoms with E-state index >= 15 is 0 Å². The molecule has 8 heteroatoms. The highest BCUT2D eigenvalue weighted by Gasteiger charge is 2.11. The molecule has 0 bridgehead atoms. The van der Waals surface area contributed by atoms with Crippen LogP contribution in [-0.2, 0) is 9.84 Å². The Morgan fingerprint density at radius 2 is 2.15 bits per heavy atom. The summed E-state index contributed by atoms with van der Waals surface area (Å²) in [6.45, 7) is 3.64. The summed E-state index contributed by atoms with van der Waals surface area (Å²) >= 11 is 0. The van der Waals surface area contributed by atoms with Crippen LogP contribution in [0.5, 0.6) is 0 Å². The van der Waals surface area contributed by atoms with Crippen LogP contribution < -0.4 is 5.32 Å². The third-order valence-corrected chi connectivity index (χ3v) is 3.79. The first-order chi connectivity index (χ1) is 9.35. The van der Waals surface area contributed by atoms with Gasteiger partial charge in [0.25, 0.3) is 0 Å². The maximum absolute atomic E-state index is 11.3. The van der Waals surface area contributed by atoms with Crippen LogP contribution in [0.3, 0.4) is 0 Å². The van der Waals surface area contributed by atoms with E-state index < -0.39 is 9.84 Å². The monoisotopic (exact) mass is 295 g/mol.